The first-order valence-electron chi connectivity index (χ1n) is 6.64. The van der Waals surface area contributed by atoms with E-state index in [1.54, 1.807) is 6.07 Å². The molecule has 0 aromatic heterocycles. The lowest BCUT2D eigenvalue weighted by Gasteiger charge is -2.15. The molecule has 3 heteroatoms. The summed E-state index contributed by atoms with van der Waals surface area (Å²) in [5.41, 5.74) is 3.10. The zero-order valence-corrected chi connectivity index (χ0v) is 11.8. The first-order valence-corrected chi connectivity index (χ1v) is 6.64. The minimum atomic E-state index is -0.370. The summed E-state index contributed by atoms with van der Waals surface area (Å²) in [6, 6.07) is 13.0. The molecule has 2 aromatic carbocycles. The molecule has 0 saturated heterocycles. The smallest absolute Gasteiger partial charge is 0.165 e. The maximum absolute atomic E-state index is 13.7. The van der Waals surface area contributed by atoms with E-state index in [9.17, 15) is 9.50 Å². The van der Waals surface area contributed by atoms with Crippen molar-refractivity contribution in [2.75, 3.05) is 13.7 Å². The monoisotopic (exact) mass is 274 g/mol. The van der Waals surface area contributed by atoms with Crippen LogP contribution in [0.15, 0.2) is 42.5 Å². The van der Waals surface area contributed by atoms with Crippen molar-refractivity contribution < 1.29 is 14.2 Å². The zero-order valence-electron chi connectivity index (χ0n) is 11.8. The number of hydrogen-bond acceptors (Lipinski definition) is 2. The molecular formula is C17H19FO2. The van der Waals surface area contributed by atoms with Crippen molar-refractivity contribution in [3.8, 4) is 5.75 Å². The minimum absolute atomic E-state index is 0.0246. The van der Waals surface area contributed by atoms with Gasteiger partial charge in [0.25, 0.3) is 0 Å². The van der Waals surface area contributed by atoms with Crippen molar-refractivity contribution in [3.63, 3.8) is 0 Å². The van der Waals surface area contributed by atoms with E-state index >= 15 is 0 Å². The molecule has 0 bridgehead atoms. The van der Waals surface area contributed by atoms with Crippen LogP contribution in [0.4, 0.5) is 4.39 Å². The van der Waals surface area contributed by atoms with Gasteiger partial charge in [0.05, 0.1) is 13.7 Å². The maximum Gasteiger partial charge on any atom is 0.165 e. The predicted octanol–water partition coefficient (Wildman–Crippen LogP) is 3.46. The first kappa shape index (κ1) is 14.5. The van der Waals surface area contributed by atoms with Gasteiger partial charge in [-0.2, -0.15) is 0 Å². The van der Waals surface area contributed by atoms with E-state index in [1.807, 2.05) is 37.3 Å². The fraction of sp³-hybridized carbons (Fsp3) is 0.294. The SMILES string of the molecule is COc1ccc(CC(CO)c2ccc(C)cc2)cc1F. The van der Waals surface area contributed by atoms with E-state index in [0.29, 0.717) is 6.42 Å². The largest absolute Gasteiger partial charge is 0.494 e. The quantitative estimate of drug-likeness (QED) is 0.904. The topological polar surface area (TPSA) is 29.5 Å². The molecule has 0 fully saturated rings. The Bertz CT molecular complexity index is 564. The molecule has 0 aliphatic heterocycles. The van der Waals surface area contributed by atoms with Crippen LogP contribution in [0.2, 0.25) is 0 Å². The van der Waals surface area contributed by atoms with Gasteiger partial charge in [-0.05, 0) is 36.6 Å². The average Bonchev–Trinajstić information content (AvgIpc) is 2.46. The molecule has 1 atom stereocenters. The van der Waals surface area contributed by atoms with Gasteiger partial charge in [-0.1, -0.05) is 35.9 Å². The van der Waals surface area contributed by atoms with E-state index in [4.69, 9.17) is 4.74 Å². The number of aliphatic hydroxyl groups excluding tert-OH is 1. The molecule has 0 aliphatic carbocycles. The van der Waals surface area contributed by atoms with Crippen molar-refractivity contribution in [2.45, 2.75) is 19.3 Å². The third-order valence-corrected chi connectivity index (χ3v) is 3.47. The molecule has 0 saturated carbocycles. The molecule has 20 heavy (non-hydrogen) atoms. The first-order chi connectivity index (χ1) is 9.63. The second-order valence-corrected chi connectivity index (χ2v) is 4.96. The van der Waals surface area contributed by atoms with Crippen LogP contribution in [0.3, 0.4) is 0 Å². The molecular weight excluding hydrogens is 255 g/mol. The van der Waals surface area contributed by atoms with Crippen LogP contribution < -0.4 is 4.74 Å². The van der Waals surface area contributed by atoms with Crippen LogP contribution in [0.1, 0.15) is 22.6 Å². The Hall–Kier alpha value is -1.87. The molecule has 106 valence electrons. The van der Waals surface area contributed by atoms with E-state index in [1.165, 1.54) is 18.7 Å². The molecule has 1 N–H and O–H groups in total. The van der Waals surface area contributed by atoms with Gasteiger partial charge in [-0.15, -0.1) is 0 Å². The average molecular weight is 274 g/mol. The Kier molecular flexibility index (Phi) is 4.74. The number of hydrogen-bond donors (Lipinski definition) is 1. The second-order valence-electron chi connectivity index (χ2n) is 4.96. The predicted molar refractivity (Wildman–Crippen MR) is 77.7 cm³/mol. The van der Waals surface area contributed by atoms with Crippen molar-refractivity contribution in [3.05, 3.63) is 65.0 Å². The highest BCUT2D eigenvalue weighted by Gasteiger charge is 2.13. The van der Waals surface area contributed by atoms with Crippen molar-refractivity contribution in [1.29, 1.82) is 0 Å². The lowest BCUT2D eigenvalue weighted by atomic mass is 9.92. The molecule has 1 unspecified atom stereocenters. The Labute approximate surface area is 118 Å². The molecule has 0 amide bonds. The molecule has 0 radical (unpaired) electrons. The van der Waals surface area contributed by atoms with Crippen LogP contribution >= 0.6 is 0 Å². The van der Waals surface area contributed by atoms with Crippen molar-refractivity contribution in [2.24, 2.45) is 0 Å². The summed E-state index contributed by atoms with van der Waals surface area (Å²) < 4.78 is 18.6. The molecule has 0 aliphatic rings. The summed E-state index contributed by atoms with van der Waals surface area (Å²) in [7, 11) is 1.45. The van der Waals surface area contributed by atoms with E-state index in [-0.39, 0.29) is 24.1 Å². The number of aliphatic hydroxyl groups is 1. The van der Waals surface area contributed by atoms with Crippen LogP contribution in [0, 0.1) is 12.7 Å². The number of methoxy groups -OCH3 is 1. The summed E-state index contributed by atoms with van der Waals surface area (Å²) in [6.45, 7) is 2.06. The highest BCUT2D eigenvalue weighted by molar-refractivity contribution is 5.32. The molecule has 2 aromatic rings. The van der Waals surface area contributed by atoms with Gasteiger partial charge in [-0.25, -0.2) is 4.39 Å². The fourth-order valence-corrected chi connectivity index (χ4v) is 2.25. The van der Waals surface area contributed by atoms with Gasteiger partial charge in [0.15, 0.2) is 11.6 Å². The number of benzene rings is 2. The Morgan fingerprint density at radius 2 is 1.85 bits per heavy atom. The third kappa shape index (κ3) is 3.36. The molecule has 0 heterocycles. The summed E-state index contributed by atoms with van der Waals surface area (Å²) >= 11 is 0. The number of aryl methyl sites for hydroxylation is 1. The lowest BCUT2D eigenvalue weighted by Crippen LogP contribution is -2.08. The standard InChI is InChI=1S/C17H19FO2/c1-12-3-6-14(7-4-12)15(11-19)9-13-5-8-17(20-2)16(18)10-13/h3-8,10,15,19H,9,11H2,1-2H3. The second kappa shape index (κ2) is 6.53. The number of ether oxygens (including phenoxy) is 1. The molecule has 2 nitrogen and oxygen atoms in total. The van der Waals surface area contributed by atoms with E-state index in [2.05, 4.69) is 0 Å². The Morgan fingerprint density at radius 1 is 1.15 bits per heavy atom. The zero-order chi connectivity index (χ0) is 14.5. The Balaban J connectivity index is 2.17. The van der Waals surface area contributed by atoms with Gasteiger partial charge >= 0.3 is 0 Å². The van der Waals surface area contributed by atoms with Crippen LogP contribution in [0.25, 0.3) is 0 Å². The van der Waals surface area contributed by atoms with E-state index in [0.717, 1.165) is 11.1 Å². The van der Waals surface area contributed by atoms with Crippen LogP contribution in [-0.4, -0.2) is 18.8 Å². The Morgan fingerprint density at radius 3 is 2.40 bits per heavy atom. The van der Waals surface area contributed by atoms with Gasteiger partial charge in [0.2, 0.25) is 0 Å². The summed E-state index contributed by atoms with van der Waals surface area (Å²) in [5, 5.41) is 9.56. The maximum atomic E-state index is 13.7. The highest BCUT2D eigenvalue weighted by atomic mass is 19.1. The van der Waals surface area contributed by atoms with Crippen LogP contribution in [0.5, 0.6) is 5.75 Å². The molecule has 2 rings (SSSR count). The van der Waals surface area contributed by atoms with Crippen LogP contribution in [-0.2, 0) is 6.42 Å². The van der Waals surface area contributed by atoms with Gasteiger partial charge in [0.1, 0.15) is 0 Å². The minimum Gasteiger partial charge on any atom is -0.494 e. The van der Waals surface area contributed by atoms with Gasteiger partial charge < -0.3 is 9.84 Å². The van der Waals surface area contributed by atoms with Crippen molar-refractivity contribution >= 4 is 0 Å². The normalized spacial score (nSPS) is 12.2. The summed E-state index contributed by atoms with van der Waals surface area (Å²) in [4.78, 5) is 0. The van der Waals surface area contributed by atoms with Gasteiger partial charge in [-0.3, -0.25) is 0 Å². The lowest BCUT2D eigenvalue weighted by molar-refractivity contribution is 0.264. The summed E-state index contributed by atoms with van der Waals surface area (Å²) in [5.74, 6) is -0.154. The summed E-state index contributed by atoms with van der Waals surface area (Å²) in [6.07, 6.45) is 0.598. The third-order valence-electron chi connectivity index (χ3n) is 3.47. The fourth-order valence-electron chi connectivity index (χ4n) is 2.25. The van der Waals surface area contributed by atoms with Gasteiger partial charge in [0, 0.05) is 5.92 Å². The molecule has 0 spiro atoms. The van der Waals surface area contributed by atoms with Crippen molar-refractivity contribution in [1.82, 2.24) is 0 Å². The number of halogens is 1. The highest BCUT2D eigenvalue weighted by Crippen LogP contribution is 2.24. The number of rotatable bonds is 5. The van der Waals surface area contributed by atoms with E-state index < -0.39 is 0 Å².